The van der Waals surface area contributed by atoms with Crippen molar-refractivity contribution in [3.8, 4) is 5.75 Å². The van der Waals surface area contributed by atoms with E-state index in [9.17, 15) is 5.11 Å². The van der Waals surface area contributed by atoms with Crippen molar-refractivity contribution in [3.63, 3.8) is 0 Å². The van der Waals surface area contributed by atoms with Crippen LogP contribution in [-0.4, -0.2) is 11.2 Å². The van der Waals surface area contributed by atoms with E-state index in [-0.39, 0.29) is 0 Å². The van der Waals surface area contributed by atoms with Gasteiger partial charge in [-0.05, 0) is 55.7 Å². The van der Waals surface area contributed by atoms with Crippen LogP contribution < -0.4 is 4.74 Å². The summed E-state index contributed by atoms with van der Waals surface area (Å²) in [7, 11) is 0. The van der Waals surface area contributed by atoms with Crippen molar-refractivity contribution in [2.75, 3.05) is 0 Å². The van der Waals surface area contributed by atoms with Crippen LogP contribution in [0, 0.1) is 5.92 Å². The van der Waals surface area contributed by atoms with E-state index in [0.29, 0.717) is 12.0 Å². The average Bonchev–Trinajstić information content (AvgIpc) is 3.04. The number of benzene rings is 1. The van der Waals surface area contributed by atoms with Crippen LogP contribution in [0.4, 0.5) is 0 Å². The third-order valence-electron chi connectivity index (χ3n) is 3.94. The third-order valence-corrected chi connectivity index (χ3v) is 3.94. The van der Waals surface area contributed by atoms with Crippen LogP contribution in [0.1, 0.15) is 44.6 Å². The lowest BCUT2D eigenvalue weighted by atomic mass is 9.91. The molecule has 0 bridgehead atoms. The Bertz CT molecular complexity index is 411. The monoisotopic (exact) mass is 232 g/mol. The first-order valence-electron chi connectivity index (χ1n) is 6.65. The molecule has 0 aromatic heterocycles. The summed E-state index contributed by atoms with van der Waals surface area (Å²) in [4.78, 5) is 0. The third kappa shape index (κ3) is 2.32. The minimum atomic E-state index is -0.623. The van der Waals surface area contributed by atoms with E-state index in [1.807, 2.05) is 24.3 Å². The second-order valence-corrected chi connectivity index (χ2v) is 5.72. The van der Waals surface area contributed by atoms with Crippen molar-refractivity contribution in [2.45, 2.75) is 50.7 Å². The Hall–Kier alpha value is -1.02. The molecule has 2 unspecified atom stereocenters. The molecule has 2 saturated carbocycles. The van der Waals surface area contributed by atoms with Gasteiger partial charge in [-0.25, -0.2) is 0 Å². The topological polar surface area (TPSA) is 29.5 Å². The molecule has 2 nitrogen and oxygen atoms in total. The first kappa shape index (κ1) is 11.1. The molecule has 1 aromatic rings. The van der Waals surface area contributed by atoms with E-state index in [1.54, 1.807) is 0 Å². The van der Waals surface area contributed by atoms with Crippen LogP contribution in [0.2, 0.25) is 0 Å². The largest absolute Gasteiger partial charge is 0.490 e. The normalized spacial score (nSPS) is 32.7. The summed E-state index contributed by atoms with van der Waals surface area (Å²) in [6, 6.07) is 8.03. The molecule has 2 heteroatoms. The molecule has 1 aromatic carbocycles. The van der Waals surface area contributed by atoms with Crippen LogP contribution in [0.3, 0.4) is 0 Å². The van der Waals surface area contributed by atoms with Crippen molar-refractivity contribution < 1.29 is 9.84 Å². The Kier molecular flexibility index (Phi) is 2.62. The van der Waals surface area contributed by atoms with Crippen molar-refractivity contribution in [1.29, 1.82) is 0 Å². The zero-order valence-electron chi connectivity index (χ0n) is 10.4. The van der Waals surface area contributed by atoms with E-state index in [4.69, 9.17) is 4.74 Å². The van der Waals surface area contributed by atoms with Gasteiger partial charge in [-0.1, -0.05) is 19.1 Å². The molecule has 3 rings (SSSR count). The fourth-order valence-electron chi connectivity index (χ4n) is 2.77. The summed E-state index contributed by atoms with van der Waals surface area (Å²) in [5.74, 6) is 1.53. The smallest absolute Gasteiger partial charge is 0.120 e. The second-order valence-electron chi connectivity index (χ2n) is 5.72. The number of hydrogen-bond donors (Lipinski definition) is 1. The molecule has 2 aliphatic rings. The molecule has 1 N–H and O–H groups in total. The minimum Gasteiger partial charge on any atom is -0.490 e. The Balaban J connectivity index is 1.81. The number of hydrogen-bond acceptors (Lipinski definition) is 2. The predicted molar refractivity (Wildman–Crippen MR) is 67.0 cm³/mol. The van der Waals surface area contributed by atoms with Crippen molar-refractivity contribution in [2.24, 2.45) is 5.92 Å². The average molecular weight is 232 g/mol. The molecular weight excluding hydrogens is 212 g/mol. The first-order chi connectivity index (χ1) is 8.16. The van der Waals surface area contributed by atoms with E-state index >= 15 is 0 Å². The zero-order valence-corrected chi connectivity index (χ0v) is 10.4. The van der Waals surface area contributed by atoms with E-state index < -0.39 is 5.60 Å². The van der Waals surface area contributed by atoms with Crippen LogP contribution in [0.15, 0.2) is 24.3 Å². The quantitative estimate of drug-likeness (QED) is 0.867. The summed E-state index contributed by atoms with van der Waals surface area (Å²) >= 11 is 0. The highest BCUT2D eigenvalue weighted by Gasteiger charge is 2.37. The molecule has 2 aliphatic carbocycles. The zero-order chi connectivity index (χ0) is 11.9. The standard InChI is InChI=1S/C15H20O2/c1-11-7-8-15(16,10-11)12-3-2-4-14(9-12)17-13-5-6-13/h2-4,9,11,13,16H,5-8,10H2,1H3. The summed E-state index contributed by atoms with van der Waals surface area (Å²) in [5.41, 5.74) is 0.405. The lowest BCUT2D eigenvalue weighted by molar-refractivity contribution is 0.0405. The Morgan fingerprint density at radius 3 is 2.76 bits per heavy atom. The lowest BCUT2D eigenvalue weighted by Gasteiger charge is -2.23. The molecule has 0 aliphatic heterocycles. The van der Waals surface area contributed by atoms with Crippen molar-refractivity contribution >= 4 is 0 Å². The molecule has 0 amide bonds. The van der Waals surface area contributed by atoms with Gasteiger partial charge in [0, 0.05) is 0 Å². The van der Waals surface area contributed by atoms with Gasteiger partial charge in [-0.15, -0.1) is 0 Å². The lowest BCUT2D eigenvalue weighted by Crippen LogP contribution is -2.21. The molecule has 92 valence electrons. The maximum absolute atomic E-state index is 10.7. The summed E-state index contributed by atoms with van der Waals surface area (Å²) in [6.07, 6.45) is 5.63. The maximum atomic E-state index is 10.7. The van der Waals surface area contributed by atoms with Gasteiger partial charge in [-0.2, -0.15) is 0 Å². The van der Waals surface area contributed by atoms with Gasteiger partial charge < -0.3 is 9.84 Å². The van der Waals surface area contributed by atoms with Gasteiger partial charge in [0.05, 0.1) is 11.7 Å². The molecule has 0 spiro atoms. The molecule has 0 saturated heterocycles. The van der Waals surface area contributed by atoms with Gasteiger partial charge in [0.25, 0.3) is 0 Å². The second kappa shape index (κ2) is 4.02. The highest BCUT2D eigenvalue weighted by molar-refractivity contribution is 5.33. The number of aliphatic hydroxyl groups is 1. The SMILES string of the molecule is CC1CCC(O)(c2cccc(OC3CC3)c2)C1. The Labute approximate surface area is 103 Å². The Morgan fingerprint density at radius 1 is 1.29 bits per heavy atom. The van der Waals surface area contributed by atoms with Crippen LogP contribution in [0.5, 0.6) is 5.75 Å². The molecule has 2 fully saturated rings. The van der Waals surface area contributed by atoms with Gasteiger partial charge in [0.2, 0.25) is 0 Å². The predicted octanol–water partition coefficient (Wildman–Crippen LogP) is 3.24. The van der Waals surface area contributed by atoms with Crippen molar-refractivity contribution in [3.05, 3.63) is 29.8 Å². The van der Waals surface area contributed by atoms with Gasteiger partial charge in [0.1, 0.15) is 5.75 Å². The van der Waals surface area contributed by atoms with Crippen LogP contribution >= 0.6 is 0 Å². The summed E-state index contributed by atoms with van der Waals surface area (Å²) in [5, 5.41) is 10.7. The van der Waals surface area contributed by atoms with Gasteiger partial charge in [0.15, 0.2) is 0 Å². The van der Waals surface area contributed by atoms with E-state index in [2.05, 4.69) is 6.92 Å². The molecule has 2 atom stereocenters. The van der Waals surface area contributed by atoms with E-state index in [1.165, 1.54) is 12.8 Å². The summed E-state index contributed by atoms with van der Waals surface area (Å²) < 4.78 is 5.79. The first-order valence-corrected chi connectivity index (χ1v) is 6.65. The minimum absolute atomic E-state index is 0.419. The van der Waals surface area contributed by atoms with Gasteiger partial charge in [-0.3, -0.25) is 0 Å². The molecule has 0 radical (unpaired) electrons. The fourth-order valence-corrected chi connectivity index (χ4v) is 2.77. The van der Waals surface area contributed by atoms with Crippen LogP contribution in [-0.2, 0) is 5.60 Å². The highest BCUT2D eigenvalue weighted by Crippen LogP contribution is 2.42. The highest BCUT2D eigenvalue weighted by atomic mass is 16.5. The summed E-state index contributed by atoms with van der Waals surface area (Å²) in [6.45, 7) is 2.21. The van der Waals surface area contributed by atoms with Crippen molar-refractivity contribution in [1.82, 2.24) is 0 Å². The molecule has 0 heterocycles. The molecule has 17 heavy (non-hydrogen) atoms. The number of rotatable bonds is 3. The van der Waals surface area contributed by atoms with Gasteiger partial charge >= 0.3 is 0 Å². The Morgan fingerprint density at radius 2 is 2.12 bits per heavy atom. The fraction of sp³-hybridized carbons (Fsp3) is 0.600. The van der Waals surface area contributed by atoms with E-state index in [0.717, 1.165) is 30.6 Å². The maximum Gasteiger partial charge on any atom is 0.120 e. The number of ether oxygens (including phenoxy) is 1. The van der Waals surface area contributed by atoms with Crippen LogP contribution in [0.25, 0.3) is 0 Å². The molecular formula is C15H20O2.